The van der Waals surface area contributed by atoms with Gasteiger partial charge in [-0.1, -0.05) is 0 Å². The molecule has 0 N–H and O–H groups in total. The molecule has 0 amide bonds. The van der Waals surface area contributed by atoms with Crippen LogP contribution in [0.5, 0.6) is 0 Å². The van der Waals surface area contributed by atoms with Crippen LogP contribution in [-0.4, -0.2) is 18.9 Å². The second-order valence-electron chi connectivity index (χ2n) is 10.5. The van der Waals surface area contributed by atoms with Crippen LogP contribution in [0.15, 0.2) is 115 Å². The third kappa shape index (κ3) is 2.52. The Morgan fingerprint density at radius 3 is 1.97 bits per heavy atom. The van der Waals surface area contributed by atoms with Crippen LogP contribution in [0.2, 0.25) is 0 Å². The van der Waals surface area contributed by atoms with Crippen LogP contribution >= 0.6 is 11.3 Å². The number of hydrogen-bond donors (Lipinski definition) is 0. The Morgan fingerprint density at radius 2 is 1.08 bits per heavy atom. The van der Waals surface area contributed by atoms with Crippen LogP contribution in [0.25, 0.3) is 88.3 Å². The minimum absolute atomic E-state index is 0.256. The zero-order valence-corrected chi connectivity index (χ0v) is 23.3. The van der Waals surface area contributed by atoms with E-state index in [1.54, 1.807) is 0 Å². The molecule has 0 saturated heterocycles. The molecule has 0 fully saturated rings. The van der Waals surface area contributed by atoms with Crippen LogP contribution in [0.4, 0.5) is 0 Å². The molecule has 3 heteroatoms. The molecule has 1 nitrogen and oxygen atoms in total. The fourth-order valence-electron chi connectivity index (χ4n) is 6.98. The summed E-state index contributed by atoms with van der Waals surface area (Å²) < 4.78 is 8.35. The van der Waals surface area contributed by atoms with E-state index in [1.807, 2.05) is 11.3 Å². The van der Waals surface area contributed by atoms with Crippen molar-refractivity contribution in [2.45, 2.75) is 0 Å². The average Bonchev–Trinajstić information content (AvgIpc) is 3.66. The van der Waals surface area contributed by atoms with E-state index in [2.05, 4.69) is 120 Å². The second-order valence-corrected chi connectivity index (χ2v) is 13.7. The quantitative estimate of drug-likeness (QED) is 0.158. The van der Waals surface area contributed by atoms with Gasteiger partial charge in [0, 0.05) is 0 Å². The molecule has 4 heterocycles. The van der Waals surface area contributed by atoms with Gasteiger partial charge in [0.2, 0.25) is 0 Å². The van der Waals surface area contributed by atoms with Crippen LogP contribution in [0.3, 0.4) is 0 Å². The van der Waals surface area contributed by atoms with Gasteiger partial charge in [0.15, 0.2) is 0 Å². The zero-order chi connectivity index (χ0) is 25.2. The minimum atomic E-state index is 0.256. The molecule has 0 bridgehead atoms. The normalized spacial score (nSPS) is 12.6. The van der Waals surface area contributed by atoms with Gasteiger partial charge in [-0.05, 0) is 0 Å². The third-order valence-electron chi connectivity index (χ3n) is 8.55. The van der Waals surface area contributed by atoms with Gasteiger partial charge < -0.3 is 0 Å². The first-order chi connectivity index (χ1) is 19.4. The van der Waals surface area contributed by atoms with Gasteiger partial charge in [0.25, 0.3) is 0 Å². The van der Waals surface area contributed by atoms with Gasteiger partial charge in [0.05, 0.1) is 0 Å². The summed E-state index contributed by atoms with van der Waals surface area (Å²) in [6, 6.07) is 43.4. The monoisotopic (exact) mass is 577 g/mol. The van der Waals surface area contributed by atoms with Crippen LogP contribution in [0.1, 0.15) is 0 Å². The summed E-state index contributed by atoms with van der Waals surface area (Å²) in [6.07, 6.45) is 0. The predicted octanol–water partition coefficient (Wildman–Crippen LogP) is 10.3. The van der Waals surface area contributed by atoms with E-state index >= 15 is 0 Å². The van der Waals surface area contributed by atoms with E-state index in [4.69, 9.17) is 0 Å². The second kappa shape index (κ2) is 7.28. The molecule has 0 unspecified atom stereocenters. The topological polar surface area (TPSA) is 4.41 Å². The number of nitrogens with zero attached hydrogens (tertiary/aromatic N) is 1. The number of hydrogen-bond acceptors (Lipinski definition) is 1. The van der Waals surface area contributed by atoms with Crippen LogP contribution in [-0.2, 0) is 0 Å². The van der Waals surface area contributed by atoms with E-state index in [0.717, 1.165) is 0 Å². The number of rotatable bonds is 0. The summed E-state index contributed by atoms with van der Waals surface area (Å²) >= 11 is 2.18. The van der Waals surface area contributed by atoms with E-state index in [-0.39, 0.29) is 14.5 Å². The molecule has 4 aromatic heterocycles. The van der Waals surface area contributed by atoms with Crippen molar-refractivity contribution in [1.29, 1.82) is 0 Å². The van der Waals surface area contributed by atoms with Gasteiger partial charge in [-0.3, -0.25) is 0 Å². The maximum absolute atomic E-state index is 2.64. The Labute approximate surface area is 232 Å². The van der Waals surface area contributed by atoms with Crippen molar-refractivity contribution in [1.82, 2.24) is 4.40 Å². The molecule has 0 radical (unpaired) electrons. The molecule has 0 spiro atoms. The summed E-state index contributed by atoms with van der Waals surface area (Å²) in [6.45, 7) is 0. The number of thiophene rings is 1. The van der Waals surface area contributed by atoms with Gasteiger partial charge in [-0.15, -0.1) is 0 Å². The van der Waals surface area contributed by atoms with Crippen molar-refractivity contribution < 1.29 is 0 Å². The van der Waals surface area contributed by atoms with Crippen LogP contribution < -0.4 is 0 Å². The van der Waals surface area contributed by atoms with Gasteiger partial charge in [-0.25, -0.2) is 0 Å². The molecule has 10 aromatic rings. The van der Waals surface area contributed by atoms with Crippen molar-refractivity contribution in [2.24, 2.45) is 0 Å². The van der Waals surface area contributed by atoms with Gasteiger partial charge >= 0.3 is 234 Å². The van der Waals surface area contributed by atoms with Crippen molar-refractivity contribution >= 4 is 114 Å². The first kappa shape index (κ1) is 20.8. The summed E-state index contributed by atoms with van der Waals surface area (Å²) in [5, 5.41) is 13.5. The van der Waals surface area contributed by atoms with E-state index in [9.17, 15) is 0 Å². The summed E-state index contributed by atoms with van der Waals surface area (Å²) in [7, 11) is 0. The maximum atomic E-state index is 2.64. The molecule has 0 aliphatic heterocycles. The number of para-hydroxylation sites is 1. The molecular weight excluding hydrogens is 557 g/mol. The molecule has 6 aromatic carbocycles. The van der Waals surface area contributed by atoms with Crippen LogP contribution in [0, 0.1) is 0 Å². The Kier molecular flexibility index (Phi) is 3.88. The summed E-state index contributed by atoms with van der Waals surface area (Å²) in [5.74, 6) is 0. The Bertz CT molecular complexity index is 2670. The summed E-state index contributed by atoms with van der Waals surface area (Å²) in [4.78, 5) is 0. The molecule has 10 rings (SSSR count). The van der Waals surface area contributed by atoms with E-state index < -0.39 is 0 Å². The fourth-order valence-corrected chi connectivity index (χ4v) is 10.7. The molecule has 39 heavy (non-hydrogen) atoms. The van der Waals surface area contributed by atoms with E-state index in [1.165, 1.54) is 88.3 Å². The van der Waals surface area contributed by atoms with Gasteiger partial charge in [-0.2, -0.15) is 0 Å². The number of fused-ring (bicyclic) bond motifs is 12. The molecule has 0 aliphatic carbocycles. The predicted molar refractivity (Wildman–Crippen MR) is 172 cm³/mol. The molecular formula is C36H19NSSe. The van der Waals surface area contributed by atoms with Crippen molar-refractivity contribution in [3.8, 4) is 0 Å². The van der Waals surface area contributed by atoms with Crippen molar-refractivity contribution in [3.63, 3.8) is 0 Å². The Hall–Kier alpha value is -4.14. The Balaban J connectivity index is 1.69. The summed E-state index contributed by atoms with van der Waals surface area (Å²) in [5.41, 5.74) is 4.00. The first-order valence-corrected chi connectivity index (χ1v) is 15.8. The first-order valence-electron chi connectivity index (χ1n) is 13.3. The molecule has 0 saturated carbocycles. The van der Waals surface area contributed by atoms with Crippen molar-refractivity contribution in [2.75, 3.05) is 0 Å². The number of benzene rings is 6. The van der Waals surface area contributed by atoms with Crippen molar-refractivity contribution in [3.05, 3.63) is 115 Å². The molecule has 0 aliphatic rings. The zero-order valence-electron chi connectivity index (χ0n) is 20.7. The van der Waals surface area contributed by atoms with E-state index in [0.29, 0.717) is 0 Å². The fraction of sp³-hybridized carbons (Fsp3) is 0. The third-order valence-corrected chi connectivity index (χ3v) is 12.2. The SMILES string of the molecule is c1ccc2c(c1)[se]c1c2ccc2c3ccc4sc5cccc6c7ccccc7c7ccccc7n(c21)c3c4c56. The van der Waals surface area contributed by atoms with Gasteiger partial charge in [0.1, 0.15) is 0 Å². The number of aromatic nitrogens is 1. The molecule has 0 atom stereocenters. The standard InChI is InChI=1S/C36H19NSSe/c1-2-9-21-20(8-1)22-10-3-5-13-28(22)37-34-25(18-19-30-33(34)32-24(21)12-7-14-29(32)38-30)26-16-17-27-23-11-4-6-15-31(23)39-36(27)35(26)37/h1-19H. The molecule has 180 valence electrons. The average molecular weight is 577 g/mol. The Morgan fingerprint density at radius 1 is 0.436 bits per heavy atom.